The lowest BCUT2D eigenvalue weighted by atomic mass is 9.94. The summed E-state index contributed by atoms with van der Waals surface area (Å²) in [6.45, 7) is 5.67. The number of methoxy groups -OCH3 is 1. The van der Waals surface area contributed by atoms with E-state index in [0.717, 1.165) is 13.1 Å². The fourth-order valence-corrected chi connectivity index (χ4v) is 3.11. The molecule has 0 spiro atoms. The Morgan fingerprint density at radius 2 is 2.32 bits per heavy atom. The lowest BCUT2D eigenvalue weighted by Crippen LogP contribution is -2.29. The quantitative estimate of drug-likeness (QED) is 0.852. The van der Waals surface area contributed by atoms with Crippen molar-refractivity contribution in [2.45, 2.75) is 25.8 Å². The highest BCUT2D eigenvalue weighted by Gasteiger charge is 2.34. The summed E-state index contributed by atoms with van der Waals surface area (Å²) in [5.74, 6) is 1.36. The average molecular weight is 263 g/mol. The largest absolute Gasteiger partial charge is 0.481 e. The van der Waals surface area contributed by atoms with Crippen LogP contribution in [0, 0.1) is 5.92 Å². The highest BCUT2D eigenvalue weighted by Crippen LogP contribution is 2.36. The first-order valence-electron chi connectivity index (χ1n) is 7.18. The minimum atomic E-state index is 0.491. The molecule has 2 rings (SSSR count). The van der Waals surface area contributed by atoms with Gasteiger partial charge in [0.15, 0.2) is 0 Å². The number of nitrogens with zero attached hydrogens (tertiary/aromatic N) is 2. The summed E-state index contributed by atoms with van der Waals surface area (Å²) < 4.78 is 5.14. The molecule has 4 nitrogen and oxygen atoms in total. The normalized spacial score (nSPS) is 23.7. The third-order valence-electron chi connectivity index (χ3n) is 3.91. The van der Waals surface area contributed by atoms with E-state index in [-0.39, 0.29) is 0 Å². The van der Waals surface area contributed by atoms with E-state index in [0.29, 0.717) is 17.8 Å². The van der Waals surface area contributed by atoms with Crippen LogP contribution in [0.4, 0.5) is 0 Å². The van der Waals surface area contributed by atoms with Gasteiger partial charge >= 0.3 is 0 Å². The van der Waals surface area contributed by atoms with Crippen LogP contribution in [0.3, 0.4) is 0 Å². The van der Waals surface area contributed by atoms with Crippen LogP contribution < -0.4 is 10.1 Å². The van der Waals surface area contributed by atoms with Crippen molar-refractivity contribution in [3.05, 3.63) is 23.9 Å². The first-order valence-corrected chi connectivity index (χ1v) is 7.18. The van der Waals surface area contributed by atoms with Crippen molar-refractivity contribution in [3.63, 3.8) is 0 Å². The number of hydrogen-bond donors (Lipinski definition) is 1. The molecule has 1 fully saturated rings. The lowest BCUT2D eigenvalue weighted by molar-refractivity contribution is 0.226. The topological polar surface area (TPSA) is 37.4 Å². The maximum atomic E-state index is 5.14. The molecule has 19 heavy (non-hydrogen) atoms. The van der Waals surface area contributed by atoms with Crippen molar-refractivity contribution in [1.29, 1.82) is 0 Å². The van der Waals surface area contributed by atoms with Gasteiger partial charge in [-0.05, 0) is 51.0 Å². The van der Waals surface area contributed by atoms with Crippen LogP contribution in [0.5, 0.6) is 5.88 Å². The fraction of sp³-hybridized carbons (Fsp3) is 0.667. The van der Waals surface area contributed by atoms with Gasteiger partial charge in [-0.3, -0.25) is 4.90 Å². The molecule has 1 saturated heterocycles. The number of ether oxygens (including phenoxy) is 1. The van der Waals surface area contributed by atoms with Gasteiger partial charge in [0.1, 0.15) is 0 Å². The molecule has 0 aliphatic carbocycles. The molecule has 2 atom stereocenters. The second kappa shape index (κ2) is 6.87. The van der Waals surface area contributed by atoms with Gasteiger partial charge < -0.3 is 10.1 Å². The van der Waals surface area contributed by atoms with Crippen molar-refractivity contribution in [2.24, 2.45) is 5.92 Å². The van der Waals surface area contributed by atoms with Crippen molar-refractivity contribution >= 4 is 0 Å². The average Bonchev–Trinajstić information content (AvgIpc) is 2.83. The standard InChI is InChI=1S/C15H25N3O/c1-4-8-18-9-7-13(10-16-2)15(18)12-5-6-14(19-3)17-11-12/h5-6,11,13,15-16H,4,7-10H2,1-3H3. The number of pyridine rings is 1. The summed E-state index contributed by atoms with van der Waals surface area (Å²) in [6, 6.07) is 4.62. The van der Waals surface area contributed by atoms with Crippen molar-refractivity contribution in [2.75, 3.05) is 33.8 Å². The fourth-order valence-electron chi connectivity index (χ4n) is 3.11. The Labute approximate surface area is 116 Å². The Kier molecular flexibility index (Phi) is 5.16. The molecule has 2 unspecified atom stereocenters. The maximum absolute atomic E-state index is 5.14. The molecule has 1 N–H and O–H groups in total. The Hall–Kier alpha value is -1.13. The molecule has 1 aliphatic rings. The smallest absolute Gasteiger partial charge is 0.212 e. The lowest BCUT2D eigenvalue weighted by Gasteiger charge is -2.28. The van der Waals surface area contributed by atoms with E-state index in [1.807, 2.05) is 19.3 Å². The zero-order valence-electron chi connectivity index (χ0n) is 12.2. The van der Waals surface area contributed by atoms with E-state index in [1.54, 1.807) is 7.11 Å². The minimum absolute atomic E-state index is 0.491. The summed E-state index contributed by atoms with van der Waals surface area (Å²) in [4.78, 5) is 6.95. The van der Waals surface area contributed by atoms with Crippen LogP contribution in [0.1, 0.15) is 31.4 Å². The van der Waals surface area contributed by atoms with Crippen LogP contribution in [0.25, 0.3) is 0 Å². The molecular formula is C15H25N3O. The van der Waals surface area contributed by atoms with Gasteiger partial charge in [0.25, 0.3) is 0 Å². The number of rotatable bonds is 6. The molecule has 106 valence electrons. The molecule has 0 radical (unpaired) electrons. The highest BCUT2D eigenvalue weighted by molar-refractivity contribution is 5.22. The number of hydrogen-bond acceptors (Lipinski definition) is 4. The maximum Gasteiger partial charge on any atom is 0.212 e. The number of likely N-dealkylation sites (tertiary alicyclic amines) is 1. The molecule has 0 saturated carbocycles. The van der Waals surface area contributed by atoms with Gasteiger partial charge in [0, 0.05) is 18.3 Å². The third kappa shape index (κ3) is 3.25. The molecule has 0 bridgehead atoms. The summed E-state index contributed by atoms with van der Waals surface area (Å²) in [5, 5.41) is 3.32. The van der Waals surface area contributed by atoms with E-state index < -0.39 is 0 Å². The van der Waals surface area contributed by atoms with Gasteiger partial charge in [-0.2, -0.15) is 0 Å². The van der Waals surface area contributed by atoms with Gasteiger partial charge in [0.05, 0.1) is 7.11 Å². The van der Waals surface area contributed by atoms with E-state index in [1.165, 1.54) is 24.9 Å². The Bertz CT molecular complexity index is 365. The summed E-state index contributed by atoms with van der Waals surface area (Å²) >= 11 is 0. The van der Waals surface area contributed by atoms with Crippen LogP contribution in [-0.4, -0.2) is 43.7 Å². The van der Waals surface area contributed by atoms with Gasteiger partial charge in [-0.15, -0.1) is 0 Å². The zero-order chi connectivity index (χ0) is 13.7. The van der Waals surface area contributed by atoms with Crippen molar-refractivity contribution < 1.29 is 4.74 Å². The van der Waals surface area contributed by atoms with Crippen molar-refractivity contribution in [3.8, 4) is 5.88 Å². The van der Waals surface area contributed by atoms with Crippen molar-refractivity contribution in [1.82, 2.24) is 15.2 Å². The monoisotopic (exact) mass is 263 g/mol. The summed E-state index contributed by atoms with van der Waals surface area (Å²) in [7, 11) is 3.69. The van der Waals surface area contributed by atoms with E-state index in [9.17, 15) is 0 Å². The first-order chi connectivity index (χ1) is 9.30. The Balaban J connectivity index is 2.18. The van der Waals surface area contributed by atoms with Crippen LogP contribution in [0.15, 0.2) is 18.3 Å². The second-order valence-electron chi connectivity index (χ2n) is 5.22. The number of nitrogens with one attached hydrogen (secondary N) is 1. The molecule has 4 heteroatoms. The Morgan fingerprint density at radius 3 is 2.89 bits per heavy atom. The van der Waals surface area contributed by atoms with Gasteiger partial charge in [0.2, 0.25) is 5.88 Å². The Morgan fingerprint density at radius 1 is 1.47 bits per heavy atom. The van der Waals surface area contributed by atoms with Gasteiger partial charge in [-0.1, -0.05) is 13.0 Å². The molecular weight excluding hydrogens is 238 g/mol. The third-order valence-corrected chi connectivity index (χ3v) is 3.91. The van der Waals surface area contributed by atoms with Crippen LogP contribution in [0.2, 0.25) is 0 Å². The van der Waals surface area contributed by atoms with E-state index in [2.05, 4.69) is 28.2 Å². The zero-order valence-corrected chi connectivity index (χ0v) is 12.2. The molecule has 0 aromatic carbocycles. The first kappa shape index (κ1) is 14.3. The predicted molar refractivity (Wildman–Crippen MR) is 77.4 cm³/mol. The van der Waals surface area contributed by atoms with E-state index in [4.69, 9.17) is 4.74 Å². The van der Waals surface area contributed by atoms with Crippen LogP contribution >= 0.6 is 0 Å². The summed E-state index contributed by atoms with van der Waals surface area (Å²) in [6.07, 6.45) is 4.43. The molecule has 1 aromatic rings. The van der Waals surface area contributed by atoms with E-state index >= 15 is 0 Å². The highest BCUT2D eigenvalue weighted by atomic mass is 16.5. The second-order valence-corrected chi connectivity index (χ2v) is 5.22. The molecule has 1 aromatic heterocycles. The van der Waals surface area contributed by atoms with Crippen LogP contribution in [-0.2, 0) is 0 Å². The summed E-state index contributed by atoms with van der Waals surface area (Å²) in [5.41, 5.74) is 1.31. The molecule has 1 aliphatic heterocycles. The minimum Gasteiger partial charge on any atom is -0.481 e. The predicted octanol–water partition coefficient (Wildman–Crippen LogP) is 2.08. The molecule has 2 heterocycles. The number of aromatic nitrogens is 1. The van der Waals surface area contributed by atoms with Gasteiger partial charge in [-0.25, -0.2) is 4.98 Å². The molecule has 0 amide bonds. The SMILES string of the molecule is CCCN1CCC(CNC)C1c1ccc(OC)nc1.